The molecule has 6 nitrogen and oxygen atoms in total. The molecule has 0 bridgehead atoms. The van der Waals surface area contributed by atoms with Gasteiger partial charge in [-0.2, -0.15) is 0 Å². The molecule has 0 radical (unpaired) electrons. The number of amides is 3. The van der Waals surface area contributed by atoms with Crippen molar-refractivity contribution in [3.8, 4) is 5.75 Å². The van der Waals surface area contributed by atoms with Gasteiger partial charge in [0.05, 0.1) is 7.11 Å². The molecule has 3 aromatic carbocycles. The molecule has 0 saturated heterocycles. The van der Waals surface area contributed by atoms with E-state index < -0.39 is 6.03 Å². The van der Waals surface area contributed by atoms with E-state index in [0.717, 1.165) is 28.0 Å². The van der Waals surface area contributed by atoms with Gasteiger partial charge >= 0.3 is 6.03 Å². The van der Waals surface area contributed by atoms with E-state index in [0.29, 0.717) is 5.69 Å². The number of nitrogens with two attached hydrogens (primary N) is 1. The molecule has 3 aromatic rings. The van der Waals surface area contributed by atoms with Crippen molar-refractivity contribution >= 4 is 17.6 Å². The van der Waals surface area contributed by atoms with Gasteiger partial charge in [0.25, 0.3) is 5.91 Å². The number of carbonyl (C=O) groups is 2. The zero-order chi connectivity index (χ0) is 22.2. The van der Waals surface area contributed by atoms with Gasteiger partial charge in [0.1, 0.15) is 11.8 Å². The van der Waals surface area contributed by atoms with Crippen molar-refractivity contribution in [3.05, 3.63) is 95.1 Å². The number of nitrogens with one attached hydrogen (secondary N) is 2. The van der Waals surface area contributed by atoms with E-state index in [2.05, 4.69) is 10.6 Å². The highest BCUT2D eigenvalue weighted by molar-refractivity contribution is 6.01. The summed E-state index contributed by atoms with van der Waals surface area (Å²) in [6.45, 7) is 4.01. The largest absolute Gasteiger partial charge is 0.497 e. The number of imide groups is 1. The van der Waals surface area contributed by atoms with Crippen LogP contribution in [-0.2, 0) is 4.79 Å². The van der Waals surface area contributed by atoms with Crippen LogP contribution in [0, 0.1) is 13.8 Å². The van der Waals surface area contributed by atoms with Gasteiger partial charge in [-0.3, -0.25) is 10.1 Å². The zero-order valence-electron chi connectivity index (χ0n) is 18.0. The molecule has 6 heteroatoms. The maximum absolute atomic E-state index is 12.4. The molecule has 0 saturated carbocycles. The van der Waals surface area contributed by atoms with Crippen molar-refractivity contribution in [2.75, 3.05) is 19.0 Å². The van der Waals surface area contributed by atoms with Crippen molar-refractivity contribution in [3.63, 3.8) is 0 Å². The van der Waals surface area contributed by atoms with Crippen LogP contribution in [0.1, 0.15) is 28.3 Å². The standard InChI is InChI=1S/C25H27N3O3/c1-17-9-14-22(18(2)15-17)27-25(30)28-23(29)16-26-24(19-7-5-4-6-8-19)20-10-12-21(31-3)13-11-20/h4-15,24,26H,16H2,1-3H3,(H2,27,28,29,30)/p+1/t24-/m1/s1. The molecule has 0 fully saturated rings. The predicted molar refractivity (Wildman–Crippen MR) is 121 cm³/mol. The number of methoxy groups -OCH3 is 1. The number of quaternary nitrogens is 1. The lowest BCUT2D eigenvalue weighted by Gasteiger charge is -2.17. The lowest BCUT2D eigenvalue weighted by atomic mass is 9.98. The number of ether oxygens (including phenoxy) is 1. The molecule has 0 aliphatic carbocycles. The first-order valence-electron chi connectivity index (χ1n) is 10.2. The molecule has 0 aliphatic rings. The number of anilines is 1. The first-order chi connectivity index (χ1) is 15.0. The van der Waals surface area contributed by atoms with Crippen molar-refractivity contribution in [2.45, 2.75) is 19.9 Å². The number of benzene rings is 3. The van der Waals surface area contributed by atoms with Crippen LogP contribution >= 0.6 is 0 Å². The Hall–Kier alpha value is -3.64. The Morgan fingerprint density at radius 2 is 1.61 bits per heavy atom. The fourth-order valence-electron chi connectivity index (χ4n) is 3.45. The van der Waals surface area contributed by atoms with E-state index in [-0.39, 0.29) is 18.5 Å². The molecule has 160 valence electrons. The number of aryl methyl sites for hydroxylation is 2. The lowest BCUT2D eigenvalue weighted by molar-refractivity contribution is -0.676. The molecular weight excluding hydrogens is 390 g/mol. The topological polar surface area (TPSA) is 84.0 Å². The summed E-state index contributed by atoms with van der Waals surface area (Å²) in [7, 11) is 1.63. The molecule has 3 rings (SSSR count). The Morgan fingerprint density at radius 3 is 2.26 bits per heavy atom. The maximum atomic E-state index is 12.4. The van der Waals surface area contributed by atoms with Gasteiger partial charge in [-0.05, 0) is 49.7 Å². The number of hydrogen-bond donors (Lipinski definition) is 3. The van der Waals surface area contributed by atoms with E-state index in [1.54, 1.807) is 7.11 Å². The molecule has 0 aromatic heterocycles. The van der Waals surface area contributed by atoms with Gasteiger partial charge in [-0.1, -0.05) is 48.0 Å². The number of urea groups is 1. The van der Waals surface area contributed by atoms with Crippen LogP contribution in [0.3, 0.4) is 0 Å². The molecule has 0 spiro atoms. The minimum atomic E-state index is -0.536. The summed E-state index contributed by atoms with van der Waals surface area (Å²) >= 11 is 0. The number of carbonyl (C=O) groups excluding carboxylic acids is 2. The molecule has 0 aliphatic heterocycles. The highest BCUT2D eigenvalue weighted by Crippen LogP contribution is 2.21. The Kier molecular flexibility index (Phi) is 7.40. The monoisotopic (exact) mass is 418 g/mol. The summed E-state index contributed by atoms with van der Waals surface area (Å²) < 4.78 is 5.24. The van der Waals surface area contributed by atoms with E-state index in [4.69, 9.17) is 4.74 Å². The van der Waals surface area contributed by atoms with E-state index >= 15 is 0 Å². The van der Waals surface area contributed by atoms with Crippen molar-refractivity contribution in [1.29, 1.82) is 0 Å². The quantitative estimate of drug-likeness (QED) is 0.550. The fourth-order valence-corrected chi connectivity index (χ4v) is 3.45. The summed E-state index contributed by atoms with van der Waals surface area (Å²) in [6, 6.07) is 22.8. The van der Waals surface area contributed by atoms with Crippen LogP contribution < -0.4 is 20.7 Å². The van der Waals surface area contributed by atoms with Crippen LogP contribution in [0.25, 0.3) is 0 Å². The minimum absolute atomic E-state index is 0.0831. The average molecular weight is 419 g/mol. The summed E-state index contributed by atoms with van der Waals surface area (Å²) in [6.07, 6.45) is 0. The predicted octanol–water partition coefficient (Wildman–Crippen LogP) is 3.31. The second-order valence-electron chi connectivity index (χ2n) is 7.42. The average Bonchev–Trinajstić information content (AvgIpc) is 2.77. The highest BCUT2D eigenvalue weighted by atomic mass is 16.5. The fraction of sp³-hybridized carbons (Fsp3) is 0.200. The molecule has 4 N–H and O–H groups in total. The van der Waals surface area contributed by atoms with Gasteiger partial charge in [0.15, 0.2) is 6.54 Å². The van der Waals surface area contributed by atoms with Gasteiger partial charge in [0, 0.05) is 16.8 Å². The first kappa shape index (κ1) is 22.1. The van der Waals surface area contributed by atoms with Crippen LogP contribution in [-0.4, -0.2) is 25.6 Å². The summed E-state index contributed by atoms with van der Waals surface area (Å²) in [5, 5.41) is 7.05. The molecule has 1 atom stereocenters. The van der Waals surface area contributed by atoms with Gasteiger partial charge in [-0.15, -0.1) is 0 Å². The van der Waals surface area contributed by atoms with Crippen molar-refractivity contribution in [1.82, 2.24) is 5.32 Å². The Morgan fingerprint density at radius 1 is 0.935 bits per heavy atom. The smallest absolute Gasteiger partial charge is 0.326 e. The third-order valence-electron chi connectivity index (χ3n) is 5.06. The Labute approximate surface area is 182 Å². The molecule has 3 amide bonds. The van der Waals surface area contributed by atoms with Crippen LogP contribution in [0.15, 0.2) is 72.8 Å². The summed E-state index contributed by atoms with van der Waals surface area (Å²) in [5.41, 5.74) is 4.84. The third-order valence-corrected chi connectivity index (χ3v) is 5.06. The van der Waals surface area contributed by atoms with E-state index in [9.17, 15) is 9.59 Å². The second-order valence-corrected chi connectivity index (χ2v) is 7.42. The van der Waals surface area contributed by atoms with Crippen LogP contribution in [0.4, 0.5) is 10.5 Å². The Balaban J connectivity index is 1.63. The van der Waals surface area contributed by atoms with E-state index in [1.807, 2.05) is 92.0 Å². The zero-order valence-corrected chi connectivity index (χ0v) is 18.0. The SMILES string of the molecule is COc1ccc([C@H]([NH2+]CC(=O)NC(=O)Nc2ccc(C)cc2C)c2ccccc2)cc1. The first-order valence-corrected chi connectivity index (χ1v) is 10.2. The lowest BCUT2D eigenvalue weighted by Crippen LogP contribution is -2.87. The van der Waals surface area contributed by atoms with Gasteiger partial charge in [0.2, 0.25) is 0 Å². The number of rotatable bonds is 7. The maximum Gasteiger partial charge on any atom is 0.326 e. The molecule has 0 heterocycles. The summed E-state index contributed by atoms with van der Waals surface area (Å²) in [4.78, 5) is 24.7. The van der Waals surface area contributed by atoms with Gasteiger partial charge in [-0.25, -0.2) is 4.79 Å². The van der Waals surface area contributed by atoms with E-state index in [1.165, 1.54) is 0 Å². The third kappa shape index (κ3) is 6.17. The minimum Gasteiger partial charge on any atom is -0.497 e. The Bertz CT molecular complexity index is 1030. The van der Waals surface area contributed by atoms with Crippen molar-refractivity contribution < 1.29 is 19.6 Å². The number of hydrogen-bond acceptors (Lipinski definition) is 3. The molecule has 0 unspecified atom stereocenters. The van der Waals surface area contributed by atoms with Gasteiger partial charge < -0.3 is 15.4 Å². The normalized spacial score (nSPS) is 11.5. The summed E-state index contributed by atoms with van der Waals surface area (Å²) in [5.74, 6) is 0.410. The second kappa shape index (κ2) is 10.4. The van der Waals surface area contributed by atoms with Crippen LogP contribution in [0.2, 0.25) is 0 Å². The molecular formula is C25H28N3O3+. The highest BCUT2D eigenvalue weighted by Gasteiger charge is 2.20. The van der Waals surface area contributed by atoms with Crippen molar-refractivity contribution in [2.24, 2.45) is 0 Å². The molecule has 31 heavy (non-hydrogen) atoms. The van der Waals surface area contributed by atoms with Crippen LogP contribution in [0.5, 0.6) is 5.75 Å².